The van der Waals surface area contributed by atoms with Crippen molar-refractivity contribution in [3.63, 3.8) is 0 Å². The molecule has 1 aromatic heterocycles. The summed E-state index contributed by atoms with van der Waals surface area (Å²) in [6.45, 7) is 12.4. The van der Waals surface area contributed by atoms with Gasteiger partial charge >= 0.3 is 6.03 Å². The number of hydrogen-bond donors (Lipinski definition) is 2. The first-order valence-corrected chi connectivity index (χ1v) is 9.52. The molecule has 0 aromatic carbocycles. The first-order chi connectivity index (χ1) is 11.0. The van der Waals surface area contributed by atoms with Gasteiger partial charge in [0.1, 0.15) is 0 Å². The number of nitrogens with zero attached hydrogens (tertiary/aromatic N) is 2. The molecule has 6 heteroatoms. The molecule has 0 radical (unpaired) electrons. The van der Waals surface area contributed by atoms with Crippen LogP contribution < -0.4 is 10.6 Å². The normalized spacial score (nSPS) is 18.6. The zero-order valence-electron chi connectivity index (χ0n) is 14.8. The molecule has 2 heterocycles. The molecular weight excluding hydrogens is 308 g/mol. The van der Waals surface area contributed by atoms with E-state index in [1.54, 1.807) is 11.3 Å². The standard InChI is InChI=1S/C17H30N4OS/c1-5-15-13(4)23-16(20-15)6-8-18-17(22)19-10-14-7-9-21(11-14)12(2)3/h12,14H,5-11H2,1-4H3,(H2,18,19,22)/t14-/m1/s1. The van der Waals surface area contributed by atoms with E-state index in [4.69, 9.17) is 0 Å². The Hall–Kier alpha value is -1.14. The van der Waals surface area contributed by atoms with Gasteiger partial charge in [-0.05, 0) is 46.1 Å². The number of likely N-dealkylation sites (tertiary alicyclic amines) is 1. The van der Waals surface area contributed by atoms with E-state index in [0.717, 1.165) is 37.5 Å². The quantitative estimate of drug-likeness (QED) is 0.803. The van der Waals surface area contributed by atoms with Crippen LogP contribution in [0.2, 0.25) is 0 Å². The number of nitrogens with one attached hydrogen (secondary N) is 2. The van der Waals surface area contributed by atoms with E-state index in [-0.39, 0.29) is 6.03 Å². The van der Waals surface area contributed by atoms with Crippen molar-refractivity contribution in [2.45, 2.75) is 53.0 Å². The smallest absolute Gasteiger partial charge is 0.314 e. The van der Waals surface area contributed by atoms with Gasteiger partial charge < -0.3 is 15.5 Å². The average molecular weight is 339 g/mol. The number of aromatic nitrogens is 1. The molecule has 1 fully saturated rings. The predicted molar refractivity (Wildman–Crippen MR) is 96.2 cm³/mol. The highest BCUT2D eigenvalue weighted by atomic mass is 32.1. The second-order valence-corrected chi connectivity index (χ2v) is 7.88. The molecule has 2 amide bonds. The number of hydrogen-bond acceptors (Lipinski definition) is 4. The monoisotopic (exact) mass is 338 g/mol. The van der Waals surface area contributed by atoms with E-state index in [1.165, 1.54) is 17.0 Å². The van der Waals surface area contributed by atoms with E-state index in [9.17, 15) is 4.79 Å². The van der Waals surface area contributed by atoms with Gasteiger partial charge in [0.05, 0.1) is 10.7 Å². The first-order valence-electron chi connectivity index (χ1n) is 8.70. The molecule has 1 saturated heterocycles. The van der Waals surface area contributed by atoms with Gasteiger partial charge in [-0.1, -0.05) is 6.92 Å². The Morgan fingerprint density at radius 3 is 2.83 bits per heavy atom. The lowest BCUT2D eigenvalue weighted by atomic mass is 10.1. The zero-order chi connectivity index (χ0) is 16.8. The molecule has 1 aliphatic heterocycles. The summed E-state index contributed by atoms with van der Waals surface area (Å²) in [5.74, 6) is 0.580. The molecule has 1 aliphatic rings. The van der Waals surface area contributed by atoms with Gasteiger partial charge in [-0.2, -0.15) is 0 Å². The number of thiazole rings is 1. The third-order valence-electron chi connectivity index (χ3n) is 4.50. The lowest BCUT2D eigenvalue weighted by Crippen LogP contribution is -2.39. The fourth-order valence-electron chi connectivity index (χ4n) is 3.00. The van der Waals surface area contributed by atoms with E-state index < -0.39 is 0 Å². The first kappa shape index (κ1) is 18.2. The molecule has 0 aliphatic carbocycles. The van der Waals surface area contributed by atoms with Crippen molar-refractivity contribution in [1.29, 1.82) is 0 Å². The van der Waals surface area contributed by atoms with Crippen LogP contribution in [0.5, 0.6) is 0 Å². The maximum Gasteiger partial charge on any atom is 0.314 e. The topological polar surface area (TPSA) is 57.3 Å². The van der Waals surface area contributed by atoms with Crippen LogP contribution in [0.4, 0.5) is 4.79 Å². The van der Waals surface area contributed by atoms with Crippen molar-refractivity contribution in [2.24, 2.45) is 5.92 Å². The summed E-state index contributed by atoms with van der Waals surface area (Å²) in [6, 6.07) is 0.542. The van der Waals surface area contributed by atoms with Crippen molar-refractivity contribution in [1.82, 2.24) is 20.5 Å². The van der Waals surface area contributed by atoms with Crippen LogP contribution in [-0.2, 0) is 12.8 Å². The van der Waals surface area contributed by atoms with Crippen LogP contribution >= 0.6 is 11.3 Å². The Kier molecular flexibility index (Phi) is 6.84. The van der Waals surface area contributed by atoms with Crippen molar-refractivity contribution in [3.8, 4) is 0 Å². The van der Waals surface area contributed by atoms with Gasteiger partial charge in [0.25, 0.3) is 0 Å². The second kappa shape index (κ2) is 8.64. The van der Waals surface area contributed by atoms with Crippen molar-refractivity contribution < 1.29 is 4.79 Å². The number of rotatable bonds is 7. The number of amides is 2. The molecule has 0 spiro atoms. The maximum atomic E-state index is 11.9. The molecule has 5 nitrogen and oxygen atoms in total. The van der Waals surface area contributed by atoms with Gasteiger partial charge in [-0.3, -0.25) is 0 Å². The minimum atomic E-state index is -0.0583. The van der Waals surface area contributed by atoms with Crippen molar-refractivity contribution in [2.75, 3.05) is 26.2 Å². The van der Waals surface area contributed by atoms with E-state index in [1.807, 2.05) is 0 Å². The number of carbonyl (C=O) groups excluding carboxylic acids is 1. The highest BCUT2D eigenvalue weighted by Crippen LogP contribution is 2.18. The maximum absolute atomic E-state index is 11.9. The Morgan fingerprint density at radius 1 is 1.43 bits per heavy atom. The summed E-state index contributed by atoms with van der Waals surface area (Å²) in [4.78, 5) is 20.2. The highest BCUT2D eigenvalue weighted by Gasteiger charge is 2.24. The van der Waals surface area contributed by atoms with E-state index >= 15 is 0 Å². The third-order valence-corrected chi connectivity index (χ3v) is 5.57. The van der Waals surface area contributed by atoms with Gasteiger partial charge in [-0.25, -0.2) is 9.78 Å². The number of aryl methyl sites for hydroxylation is 2. The van der Waals surface area contributed by atoms with Gasteiger partial charge in [0, 0.05) is 37.0 Å². The molecule has 0 unspecified atom stereocenters. The number of urea groups is 1. The molecule has 23 heavy (non-hydrogen) atoms. The van der Waals surface area contributed by atoms with E-state index in [0.29, 0.717) is 18.5 Å². The van der Waals surface area contributed by atoms with Crippen LogP contribution in [-0.4, -0.2) is 48.1 Å². The summed E-state index contributed by atoms with van der Waals surface area (Å²) in [6.07, 6.45) is 2.96. The summed E-state index contributed by atoms with van der Waals surface area (Å²) in [5, 5.41) is 7.06. The number of carbonyl (C=O) groups is 1. The predicted octanol–water partition coefficient (Wildman–Crippen LogP) is 2.59. The zero-order valence-corrected chi connectivity index (χ0v) is 15.6. The highest BCUT2D eigenvalue weighted by molar-refractivity contribution is 7.11. The Morgan fingerprint density at radius 2 is 2.22 bits per heavy atom. The molecule has 0 bridgehead atoms. The molecular formula is C17H30N4OS. The minimum Gasteiger partial charge on any atom is -0.338 e. The average Bonchev–Trinajstić information content (AvgIpc) is 3.11. The Balaban J connectivity index is 1.62. The summed E-state index contributed by atoms with van der Waals surface area (Å²) in [7, 11) is 0. The molecule has 1 aromatic rings. The lowest BCUT2D eigenvalue weighted by molar-refractivity contribution is 0.237. The van der Waals surface area contributed by atoms with Gasteiger partial charge in [0.15, 0.2) is 0 Å². The fourth-order valence-corrected chi connectivity index (χ4v) is 4.02. The molecule has 2 rings (SSSR count). The Labute approximate surface area is 143 Å². The summed E-state index contributed by atoms with van der Waals surface area (Å²) >= 11 is 1.74. The van der Waals surface area contributed by atoms with Crippen LogP contribution in [0.15, 0.2) is 0 Å². The minimum absolute atomic E-state index is 0.0583. The molecule has 130 valence electrons. The molecule has 0 saturated carbocycles. The van der Waals surface area contributed by atoms with Crippen molar-refractivity contribution in [3.05, 3.63) is 15.6 Å². The molecule has 2 N–H and O–H groups in total. The third kappa shape index (κ3) is 5.46. The van der Waals surface area contributed by atoms with Crippen LogP contribution in [0.3, 0.4) is 0 Å². The summed E-state index contributed by atoms with van der Waals surface area (Å²) in [5.41, 5.74) is 1.19. The van der Waals surface area contributed by atoms with Gasteiger partial charge in [-0.15, -0.1) is 11.3 Å². The Bertz CT molecular complexity index is 515. The van der Waals surface area contributed by atoms with Crippen molar-refractivity contribution >= 4 is 17.4 Å². The second-order valence-electron chi connectivity index (χ2n) is 6.59. The van der Waals surface area contributed by atoms with Gasteiger partial charge in [0.2, 0.25) is 0 Å². The molecule has 1 atom stereocenters. The van der Waals surface area contributed by atoms with Crippen LogP contribution in [0, 0.1) is 12.8 Å². The lowest BCUT2D eigenvalue weighted by Gasteiger charge is -2.20. The largest absolute Gasteiger partial charge is 0.338 e. The SMILES string of the molecule is CCc1nc(CCNC(=O)NC[C@H]2CCN(C(C)C)C2)sc1C. The fraction of sp³-hybridized carbons (Fsp3) is 0.765. The summed E-state index contributed by atoms with van der Waals surface area (Å²) < 4.78 is 0. The van der Waals surface area contributed by atoms with Crippen LogP contribution in [0.25, 0.3) is 0 Å². The van der Waals surface area contributed by atoms with Crippen LogP contribution in [0.1, 0.15) is 42.8 Å². The van der Waals surface area contributed by atoms with E-state index in [2.05, 4.69) is 48.2 Å².